The molecule has 1 aromatic rings. The Balaban J connectivity index is 2.72. The van der Waals surface area contributed by atoms with Crippen LogP contribution in [-0.2, 0) is 9.53 Å². The van der Waals surface area contributed by atoms with Gasteiger partial charge in [-0.05, 0) is 12.1 Å². The first kappa shape index (κ1) is 16.6. The largest absolute Gasteiger partial charge is 0.468 e. The van der Waals surface area contributed by atoms with E-state index in [1.165, 1.54) is 32.4 Å². The lowest BCUT2D eigenvalue weighted by molar-refractivity contribution is -0.140. The van der Waals surface area contributed by atoms with E-state index in [1.807, 2.05) is 0 Å². The summed E-state index contributed by atoms with van der Waals surface area (Å²) in [5, 5.41) is 0.641. The van der Waals surface area contributed by atoms with Crippen molar-refractivity contribution < 1.29 is 18.7 Å². The summed E-state index contributed by atoms with van der Waals surface area (Å²) in [6.07, 6.45) is 0. The van der Waals surface area contributed by atoms with Gasteiger partial charge in [0, 0.05) is 7.05 Å². The van der Waals surface area contributed by atoms with Crippen LogP contribution in [0.4, 0.5) is 14.9 Å². The molecular weight excluding hydrogens is 303 g/mol. The number of para-hydroxylation sites is 1. The number of anilines is 1. The molecule has 1 rings (SSSR count). The summed E-state index contributed by atoms with van der Waals surface area (Å²) in [6.45, 7) is 0. The normalized spacial score (nSPS) is 13.2. The summed E-state index contributed by atoms with van der Waals surface area (Å²) in [4.78, 5) is 24.4. The SMILES string of the molecule is COC(=O)C(S)C(S)N(C)C(=O)Nc1ccccc1F. The fourth-order valence-electron chi connectivity index (χ4n) is 1.34. The molecule has 0 aromatic heterocycles. The second-order valence-corrected chi connectivity index (χ2v) is 4.99. The van der Waals surface area contributed by atoms with Gasteiger partial charge in [0.1, 0.15) is 11.1 Å². The van der Waals surface area contributed by atoms with E-state index >= 15 is 0 Å². The smallest absolute Gasteiger partial charge is 0.322 e. The number of benzene rings is 1. The van der Waals surface area contributed by atoms with Crippen LogP contribution < -0.4 is 5.32 Å². The van der Waals surface area contributed by atoms with Crippen LogP contribution in [-0.4, -0.2) is 41.7 Å². The van der Waals surface area contributed by atoms with Crippen molar-refractivity contribution in [1.29, 1.82) is 0 Å². The summed E-state index contributed by atoms with van der Waals surface area (Å²) in [7, 11) is 2.63. The molecule has 5 nitrogen and oxygen atoms in total. The third kappa shape index (κ3) is 4.04. The Morgan fingerprint density at radius 3 is 2.50 bits per heavy atom. The van der Waals surface area contributed by atoms with Crippen LogP contribution in [0.15, 0.2) is 24.3 Å². The molecule has 110 valence electrons. The molecule has 0 aliphatic heterocycles. The Morgan fingerprint density at radius 1 is 1.35 bits per heavy atom. The molecule has 1 aromatic carbocycles. The van der Waals surface area contributed by atoms with Crippen LogP contribution in [0.3, 0.4) is 0 Å². The van der Waals surface area contributed by atoms with Crippen molar-refractivity contribution >= 4 is 42.9 Å². The number of halogens is 1. The third-order valence-corrected chi connectivity index (χ3v) is 3.93. The average Bonchev–Trinajstić information content (AvgIpc) is 2.46. The number of nitrogens with zero attached hydrogens (tertiary/aromatic N) is 1. The number of carbonyl (C=O) groups is 2. The van der Waals surface area contributed by atoms with Crippen LogP contribution in [0, 0.1) is 5.82 Å². The predicted molar refractivity (Wildman–Crippen MR) is 80.7 cm³/mol. The van der Waals surface area contributed by atoms with Crippen molar-refractivity contribution in [2.75, 3.05) is 19.5 Å². The molecule has 1 N–H and O–H groups in total. The van der Waals surface area contributed by atoms with Gasteiger partial charge in [-0.2, -0.15) is 25.3 Å². The molecule has 0 saturated heterocycles. The average molecular weight is 318 g/mol. The Bertz CT molecular complexity index is 501. The van der Waals surface area contributed by atoms with Crippen LogP contribution in [0.25, 0.3) is 0 Å². The highest BCUT2D eigenvalue weighted by Gasteiger charge is 2.29. The molecule has 2 atom stereocenters. The molecule has 0 radical (unpaired) electrons. The van der Waals surface area contributed by atoms with Crippen molar-refractivity contribution in [1.82, 2.24) is 4.90 Å². The second kappa shape index (κ2) is 7.39. The predicted octanol–water partition coefficient (Wildman–Crippen LogP) is 2.02. The molecular formula is C12H15FN2O3S2. The van der Waals surface area contributed by atoms with E-state index in [1.54, 1.807) is 6.07 Å². The summed E-state index contributed by atoms with van der Waals surface area (Å²) in [6, 6.07) is 5.14. The van der Waals surface area contributed by atoms with Gasteiger partial charge in [-0.1, -0.05) is 12.1 Å². The number of nitrogens with one attached hydrogen (secondary N) is 1. The van der Waals surface area contributed by atoms with Gasteiger partial charge in [0.25, 0.3) is 0 Å². The lowest BCUT2D eigenvalue weighted by Crippen LogP contribution is -2.44. The number of thiol groups is 2. The monoisotopic (exact) mass is 318 g/mol. The molecule has 0 aliphatic carbocycles. The van der Waals surface area contributed by atoms with E-state index in [0.29, 0.717) is 0 Å². The lowest BCUT2D eigenvalue weighted by Gasteiger charge is -2.27. The molecule has 20 heavy (non-hydrogen) atoms. The highest BCUT2D eigenvalue weighted by atomic mass is 32.1. The number of hydrogen-bond acceptors (Lipinski definition) is 5. The van der Waals surface area contributed by atoms with E-state index in [9.17, 15) is 14.0 Å². The van der Waals surface area contributed by atoms with Crippen LogP contribution in [0.1, 0.15) is 0 Å². The van der Waals surface area contributed by atoms with Gasteiger partial charge >= 0.3 is 12.0 Å². The summed E-state index contributed by atoms with van der Waals surface area (Å²) >= 11 is 8.17. The highest BCUT2D eigenvalue weighted by molar-refractivity contribution is 7.85. The second-order valence-electron chi connectivity index (χ2n) is 3.90. The molecule has 0 aliphatic rings. The van der Waals surface area contributed by atoms with Crippen molar-refractivity contribution in [3.8, 4) is 0 Å². The Labute approximate surface area is 127 Å². The zero-order valence-electron chi connectivity index (χ0n) is 10.9. The van der Waals surface area contributed by atoms with E-state index in [4.69, 9.17) is 0 Å². The number of ether oxygens (including phenoxy) is 1. The van der Waals surface area contributed by atoms with E-state index in [0.717, 1.165) is 4.90 Å². The maximum Gasteiger partial charge on any atom is 0.322 e. The maximum atomic E-state index is 13.4. The molecule has 0 heterocycles. The Morgan fingerprint density at radius 2 is 1.95 bits per heavy atom. The zero-order chi connectivity index (χ0) is 15.3. The van der Waals surface area contributed by atoms with Crippen molar-refractivity contribution in [3.63, 3.8) is 0 Å². The Hall–Kier alpha value is -1.41. The molecule has 2 unspecified atom stereocenters. The minimum absolute atomic E-state index is 0.0404. The van der Waals surface area contributed by atoms with Crippen LogP contribution in [0.5, 0.6) is 0 Å². The molecule has 0 saturated carbocycles. The molecule has 0 bridgehead atoms. The topological polar surface area (TPSA) is 58.6 Å². The number of urea groups is 1. The first-order valence-corrected chi connectivity index (χ1v) is 6.64. The quantitative estimate of drug-likeness (QED) is 0.452. The minimum Gasteiger partial charge on any atom is -0.468 e. The van der Waals surface area contributed by atoms with E-state index < -0.39 is 28.4 Å². The van der Waals surface area contributed by atoms with Gasteiger partial charge in [0.05, 0.1) is 18.2 Å². The van der Waals surface area contributed by atoms with Crippen molar-refractivity contribution in [2.24, 2.45) is 0 Å². The van der Waals surface area contributed by atoms with Gasteiger partial charge in [-0.3, -0.25) is 4.79 Å². The maximum absolute atomic E-state index is 13.4. The van der Waals surface area contributed by atoms with Gasteiger partial charge in [0.15, 0.2) is 0 Å². The first-order chi connectivity index (χ1) is 9.38. The lowest BCUT2D eigenvalue weighted by atomic mass is 10.3. The number of amides is 2. The highest BCUT2D eigenvalue weighted by Crippen LogP contribution is 2.17. The fourth-order valence-corrected chi connectivity index (χ4v) is 1.87. The zero-order valence-corrected chi connectivity index (χ0v) is 12.7. The van der Waals surface area contributed by atoms with E-state index in [-0.39, 0.29) is 5.69 Å². The Kier molecular flexibility index (Phi) is 6.15. The van der Waals surface area contributed by atoms with Gasteiger partial charge in [-0.25, -0.2) is 9.18 Å². The number of hydrogen-bond donors (Lipinski definition) is 3. The summed E-state index contributed by atoms with van der Waals surface area (Å²) in [5.41, 5.74) is 0.0404. The number of esters is 1. The van der Waals surface area contributed by atoms with Crippen LogP contribution >= 0.6 is 25.3 Å². The number of methoxy groups -OCH3 is 1. The van der Waals surface area contributed by atoms with Gasteiger partial charge < -0.3 is 15.0 Å². The molecule has 8 heteroatoms. The minimum atomic E-state index is -0.917. The van der Waals surface area contributed by atoms with Crippen molar-refractivity contribution in [2.45, 2.75) is 10.6 Å². The van der Waals surface area contributed by atoms with Gasteiger partial charge in [0.2, 0.25) is 0 Å². The van der Waals surface area contributed by atoms with Gasteiger partial charge in [-0.15, -0.1) is 0 Å². The molecule has 0 spiro atoms. The first-order valence-electron chi connectivity index (χ1n) is 5.60. The fraction of sp³-hybridized carbons (Fsp3) is 0.333. The third-order valence-electron chi connectivity index (χ3n) is 2.56. The standard InChI is InChI=1S/C12H15FN2O3S2/c1-15(10(20)9(19)11(16)18-2)12(17)14-8-6-4-3-5-7(8)13/h3-6,9-10,19-20H,1-2H3,(H,14,17). The summed E-state index contributed by atoms with van der Waals surface area (Å²) < 4.78 is 17.9. The van der Waals surface area contributed by atoms with Crippen molar-refractivity contribution in [3.05, 3.63) is 30.1 Å². The molecule has 2 amide bonds. The summed E-state index contributed by atoms with van der Waals surface area (Å²) in [5.74, 6) is -1.17. The number of rotatable bonds is 4. The number of carbonyl (C=O) groups excluding carboxylic acids is 2. The van der Waals surface area contributed by atoms with Crippen LogP contribution in [0.2, 0.25) is 0 Å². The molecule has 0 fully saturated rings. The van der Waals surface area contributed by atoms with E-state index in [2.05, 4.69) is 35.3 Å².